The second-order valence-corrected chi connectivity index (χ2v) is 6.05. The number of benzene rings is 2. The molecule has 2 aromatic carbocycles. The predicted molar refractivity (Wildman–Crippen MR) is 92.1 cm³/mol. The number of aryl methyl sites for hydroxylation is 1. The van der Waals surface area contributed by atoms with E-state index in [1.807, 2.05) is 12.1 Å². The van der Waals surface area contributed by atoms with Crippen LogP contribution in [0.1, 0.15) is 30.0 Å². The molecule has 0 radical (unpaired) electrons. The number of halogens is 1. The van der Waals surface area contributed by atoms with Crippen LogP contribution in [0.2, 0.25) is 5.02 Å². The molecule has 2 heteroatoms. The lowest BCUT2D eigenvalue weighted by molar-refractivity contribution is 0.505. The van der Waals surface area contributed by atoms with E-state index in [-0.39, 0.29) is 0 Å². The first-order valence-electron chi connectivity index (χ1n) is 7.71. The first-order valence-corrected chi connectivity index (χ1v) is 8.09. The van der Waals surface area contributed by atoms with Gasteiger partial charge in [-0.2, -0.15) is 0 Å². The maximum Gasteiger partial charge on any atom is 0.0438 e. The van der Waals surface area contributed by atoms with E-state index in [0.717, 1.165) is 30.8 Å². The van der Waals surface area contributed by atoms with Crippen molar-refractivity contribution in [2.24, 2.45) is 0 Å². The van der Waals surface area contributed by atoms with Crippen molar-refractivity contribution < 1.29 is 0 Å². The summed E-state index contributed by atoms with van der Waals surface area (Å²) >= 11 is 6.30. The van der Waals surface area contributed by atoms with Crippen molar-refractivity contribution in [3.63, 3.8) is 0 Å². The van der Waals surface area contributed by atoms with Gasteiger partial charge in [0.2, 0.25) is 0 Å². The third kappa shape index (κ3) is 5.18. The zero-order chi connectivity index (χ0) is 15.1. The maximum atomic E-state index is 6.30. The summed E-state index contributed by atoms with van der Waals surface area (Å²) in [6, 6.07) is 17.3. The van der Waals surface area contributed by atoms with Gasteiger partial charge in [0.25, 0.3) is 0 Å². The first-order chi connectivity index (χ1) is 10.2. The summed E-state index contributed by atoms with van der Waals surface area (Å²) in [4.78, 5) is 0. The van der Waals surface area contributed by atoms with Gasteiger partial charge in [0.1, 0.15) is 0 Å². The summed E-state index contributed by atoms with van der Waals surface area (Å²) in [5, 5.41) is 4.52. The van der Waals surface area contributed by atoms with Crippen molar-refractivity contribution in [3.05, 3.63) is 70.2 Å². The molecule has 21 heavy (non-hydrogen) atoms. The average molecular weight is 302 g/mol. The molecule has 0 amide bonds. The van der Waals surface area contributed by atoms with Crippen molar-refractivity contribution in [3.8, 4) is 0 Å². The number of hydrogen-bond acceptors (Lipinski definition) is 1. The summed E-state index contributed by atoms with van der Waals surface area (Å²) in [6.45, 7) is 5.39. The topological polar surface area (TPSA) is 12.0 Å². The Kier molecular flexibility index (Phi) is 6.28. The molecule has 0 heterocycles. The van der Waals surface area contributed by atoms with Crippen LogP contribution >= 0.6 is 11.6 Å². The zero-order valence-electron chi connectivity index (χ0n) is 12.9. The molecule has 1 unspecified atom stereocenters. The normalized spacial score (nSPS) is 12.3. The molecule has 0 aromatic heterocycles. The van der Waals surface area contributed by atoms with E-state index >= 15 is 0 Å². The minimum Gasteiger partial charge on any atom is -0.313 e. The van der Waals surface area contributed by atoms with E-state index in [2.05, 4.69) is 55.6 Å². The lowest BCUT2D eigenvalue weighted by Gasteiger charge is -2.19. The smallest absolute Gasteiger partial charge is 0.0438 e. The van der Waals surface area contributed by atoms with Crippen molar-refractivity contribution >= 4 is 11.6 Å². The van der Waals surface area contributed by atoms with Crippen LogP contribution < -0.4 is 5.32 Å². The fourth-order valence-electron chi connectivity index (χ4n) is 2.62. The minimum atomic E-state index is 0.423. The van der Waals surface area contributed by atoms with Gasteiger partial charge in [0.15, 0.2) is 0 Å². The van der Waals surface area contributed by atoms with Gasteiger partial charge in [-0.25, -0.2) is 0 Å². The van der Waals surface area contributed by atoms with Gasteiger partial charge in [-0.1, -0.05) is 66.6 Å². The third-order valence-corrected chi connectivity index (χ3v) is 4.04. The average Bonchev–Trinajstić information content (AvgIpc) is 2.47. The van der Waals surface area contributed by atoms with E-state index in [1.54, 1.807) is 0 Å². The molecule has 0 saturated carbocycles. The molecular weight excluding hydrogens is 278 g/mol. The van der Waals surface area contributed by atoms with Crippen LogP contribution in [0.25, 0.3) is 0 Å². The SMILES string of the molecule is CCCNC(Cc1cccc(C)c1)Cc1ccccc1Cl. The molecule has 2 rings (SSSR count). The first kappa shape index (κ1) is 16.1. The molecule has 1 N–H and O–H groups in total. The number of rotatable bonds is 7. The highest BCUT2D eigenvalue weighted by Gasteiger charge is 2.12. The Morgan fingerprint density at radius 3 is 2.57 bits per heavy atom. The standard InChI is InChI=1S/C19H24ClN/c1-3-11-21-18(13-16-8-6-7-15(2)12-16)14-17-9-4-5-10-19(17)20/h4-10,12,18,21H,3,11,13-14H2,1-2H3. The Morgan fingerprint density at radius 2 is 1.86 bits per heavy atom. The number of hydrogen-bond donors (Lipinski definition) is 1. The summed E-state index contributed by atoms with van der Waals surface area (Å²) in [5.41, 5.74) is 3.93. The predicted octanol–water partition coefficient (Wildman–Crippen LogP) is 4.80. The Bertz CT molecular complexity index is 565. The van der Waals surface area contributed by atoms with Gasteiger partial charge in [0.05, 0.1) is 0 Å². The molecule has 0 aliphatic carbocycles. The Balaban J connectivity index is 2.09. The quantitative estimate of drug-likeness (QED) is 0.774. The molecule has 0 bridgehead atoms. The van der Waals surface area contributed by atoms with Crippen LogP contribution in [-0.4, -0.2) is 12.6 Å². The van der Waals surface area contributed by atoms with Crippen molar-refractivity contribution in [2.75, 3.05) is 6.54 Å². The lowest BCUT2D eigenvalue weighted by Crippen LogP contribution is -2.33. The van der Waals surface area contributed by atoms with Crippen LogP contribution in [0.4, 0.5) is 0 Å². The summed E-state index contributed by atoms with van der Waals surface area (Å²) < 4.78 is 0. The van der Waals surface area contributed by atoms with E-state index in [4.69, 9.17) is 11.6 Å². The van der Waals surface area contributed by atoms with Gasteiger partial charge < -0.3 is 5.32 Å². The third-order valence-electron chi connectivity index (χ3n) is 3.67. The maximum absolute atomic E-state index is 6.30. The molecule has 0 aliphatic rings. The molecule has 112 valence electrons. The van der Waals surface area contributed by atoms with E-state index in [1.165, 1.54) is 16.7 Å². The second-order valence-electron chi connectivity index (χ2n) is 5.64. The van der Waals surface area contributed by atoms with Gasteiger partial charge in [-0.15, -0.1) is 0 Å². The van der Waals surface area contributed by atoms with Crippen LogP contribution in [0, 0.1) is 6.92 Å². The highest BCUT2D eigenvalue weighted by molar-refractivity contribution is 6.31. The minimum absolute atomic E-state index is 0.423. The van der Waals surface area contributed by atoms with Gasteiger partial charge in [-0.3, -0.25) is 0 Å². The fourth-order valence-corrected chi connectivity index (χ4v) is 2.83. The molecule has 0 fully saturated rings. The van der Waals surface area contributed by atoms with Crippen LogP contribution in [0.5, 0.6) is 0 Å². The van der Waals surface area contributed by atoms with Crippen molar-refractivity contribution in [2.45, 2.75) is 39.2 Å². The lowest BCUT2D eigenvalue weighted by atomic mass is 9.98. The Morgan fingerprint density at radius 1 is 1.05 bits per heavy atom. The zero-order valence-corrected chi connectivity index (χ0v) is 13.7. The highest BCUT2D eigenvalue weighted by Crippen LogP contribution is 2.18. The summed E-state index contributed by atoms with van der Waals surface area (Å²) in [7, 11) is 0. The largest absolute Gasteiger partial charge is 0.313 e. The molecule has 1 nitrogen and oxygen atoms in total. The van der Waals surface area contributed by atoms with E-state index in [0.29, 0.717) is 6.04 Å². The van der Waals surface area contributed by atoms with E-state index in [9.17, 15) is 0 Å². The Labute approximate surface area is 133 Å². The van der Waals surface area contributed by atoms with Crippen molar-refractivity contribution in [1.29, 1.82) is 0 Å². The van der Waals surface area contributed by atoms with Gasteiger partial charge in [0, 0.05) is 11.1 Å². The van der Waals surface area contributed by atoms with Gasteiger partial charge >= 0.3 is 0 Å². The van der Waals surface area contributed by atoms with Crippen molar-refractivity contribution in [1.82, 2.24) is 5.32 Å². The second kappa shape index (κ2) is 8.21. The monoisotopic (exact) mass is 301 g/mol. The van der Waals surface area contributed by atoms with Gasteiger partial charge in [-0.05, 0) is 49.9 Å². The Hall–Kier alpha value is -1.31. The van der Waals surface area contributed by atoms with Crippen LogP contribution in [-0.2, 0) is 12.8 Å². The molecule has 2 aromatic rings. The molecule has 1 atom stereocenters. The molecule has 0 aliphatic heterocycles. The van der Waals surface area contributed by atoms with Crippen LogP contribution in [0.3, 0.4) is 0 Å². The molecule has 0 spiro atoms. The molecule has 0 saturated heterocycles. The summed E-state index contributed by atoms with van der Waals surface area (Å²) in [5.74, 6) is 0. The molecular formula is C19H24ClN. The van der Waals surface area contributed by atoms with E-state index < -0.39 is 0 Å². The fraction of sp³-hybridized carbons (Fsp3) is 0.368. The highest BCUT2D eigenvalue weighted by atomic mass is 35.5. The summed E-state index contributed by atoms with van der Waals surface area (Å²) in [6.07, 6.45) is 3.15. The number of nitrogens with one attached hydrogen (secondary N) is 1. The van der Waals surface area contributed by atoms with Crippen LogP contribution in [0.15, 0.2) is 48.5 Å².